The highest BCUT2D eigenvalue weighted by atomic mass is 35.5. The number of methoxy groups -OCH3 is 1. The van der Waals surface area contributed by atoms with E-state index in [1.807, 2.05) is 17.0 Å². The van der Waals surface area contributed by atoms with E-state index in [2.05, 4.69) is 59.5 Å². The Bertz CT molecular complexity index is 1700. The van der Waals surface area contributed by atoms with Gasteiger partial charge in [0.1, 0.15) is 18.2 Å². The number of aromatic nitrogens is 2. The van der Waals surface area contributed by atoms with Gasteiger partial charge in [-0.2, -0.15) is 9.97 Å². The summed E-state index contributed by atoms with van der Waals surface area (Å²) in [4.78, 5) is 32.5. The molecule has 10 heteroatoms. The minimum Gasteiger partial charge on any atom is -0.497 e. The van der Waals surface area contributed by atoms with Gasteiger partial charge < -0.3 is 24.2 Å². The van der Waals surface area contributed by atoms with Crippen LogP contribution in [0.4, 0.5) is 11.5 Å². The number of benzene rings is 2. The largest absolute Gasteiger partial charge is 0.497 e. The number of hydrogen-bond donors (Lipinski definition) is 0. The van der Waals surface area contributed by atoms with Crippen molar-refractivity contribution in [3.05, 3.63) is 77.2 Å². The number of carbonyl (C=O) groups is 1. The van der Waals surface area contributed by atoms with Crippen LogP contribution >= 0.6 is 11.6 Å². The fourth-order valence-corrected chi connectivity index (χ4v) is 8.52. The number of allylic oxidation sites excluding steroid dienone is 1. The number of fused-ring (bicyclic) bond motifs is 3. The number of ether oxygens (including phenoxy) is 2. The van der Waals surface area contributed by atoms with Crippen molar-refractivity contribution in [1.29, 1.82) is 0 Å². The van der Waals surface area contributed by atoms with Crippen LogP contribution in [-0.2, 0) is 22.5 Å². The summed E-state index contributed by atoms with van der Waals surface area (Å²) >= 11 is 6.76. The highest BCUT2D eigenvalue weighted by Gasteiger charge is 2.45. The number of carbonyl (C=O) groups excluding carboxylic acids is 1. The highest BCUT2D eigenvalue weighted by Crippen LogP contribution is 2.40. The molecule has 0 saturated carbocycles. The van der Waals surface area contributed by atoms with Crippen molar-refractivity contribution in [3.8, 4) is 6.01 Å². The van der Waals surface area contributed by atoms with Crippen molar-refractivity contribution in [2.24, 2.45) is 0 Å². The van der Waals surface area contributed by atoms with Crippen LogP contribution < -0.4 is 14.5 Å². The minimum absolute atomic E-state index is 0.0401. The van der Waals surface area contributed by atoms with Crippen LogP contribution in [-0.4, -0.2) is 90.2 Å². The fraction of sp³-hybridized carbons (Fsp3) is 0.486. The zero-order valence-electron chi connectivity index (χ0n) is 27.8. The monoisotopic (exact) mass is 656 g/mol. The van der Waals surface area contributed by atoms with Gasteiger partial charge in [-0.25, -0.2) is 0 Å². The Labute approximate surface area is 282 Å². The van der Waals surface area contributed by atoms with E-state index in [0.29, 0.717) is 31.5 Å². The van der Waals surface area contributed by atoms with Crippen LogP contribution in [0.25, 0.3) is 10.8 Å². The van der Waals surface area contributed by atoms with Crippen molar-refractivity contribution < 1.29 is 14.3 Å². The summed E-state index contributed by atoms with van der Waals surface area (Å²) in [6.07, 6.45) is 9.57. The second-order valence-electron chi connectivity index (χ2n) is 13.6. The van der Waals surface area contributed by atoms with Crippen molar-refractivity contribution in [3.63, 3.8) is 0 Å². The van der Waals surface area contributed by atoms with Gasteiger partial charge in [-0.05, 0) is 82.1 Å². The Morgan fingerprint density at radius 1 is 1.13 bits per heavy atom. The smallest absolute Gasteiger partial charge is 0.318 e. The second-order valence-corrected chi connectivity index (χ2v) is 14.0. The standard InChI is InChI=1S/C37H45ClN6O3/c1-25-21-28(22-44(25)33(45)14-13-26(2)46-4)41(3)35-29-15-20-42(32-12-6-10-27-9-5-11-30(38)34(27)32)23-31(29)39-36(40-35)47-24-37-16-7-18-43(37)19-8-17-37/h5-6,9-14,25,28H,2,7-8,15-24H2,1,3-4H3/b14-13+/t25-,28+/m0/s1. The van der Waals surface area contributed by atoms with Gasteiger partial charge in [-0.15, -0.1) is 0 Å². The van der Waals surface area contributed by atoms with Gasteiger partial charge in [0.25, 0.3) is 0 Å². The van der Waals surface area contributed by atoms with Crippen LogP contribution in [0.5, 0.6) is 6.01 Å². The zero-order chi connectivity index (χ0) is 32.7. The number of nitrogens with zero attached hydrogens (tertiary/aromatic N) is 6. The maximum absolute atomic E-state index is 13.1. The molecule has 3 fully saturated rings. The molecule has 9 nitrogen and oxygen atoms in total. The number of hydrogen-bond acceptors (Lipinski definition) is 8. The Balaban J connectivity index is 1.19. The van der Waals surface area contributed by atoms with Gasteiger partial charge in [0, 0.05) is 54.9 Å². The van der Waals surface area contributed by atoms with Crippen molar-refractivity contribution in [2.45, 2.75) is 69.6 Å². The lowest BCUT2D eigenvalue weighted by Crippen LogP contribution is -2.44. The molecular weight excluding hydrogens is 612 g/mol. The molecule has 0 aliphatic carbocycles. The second kappa shape index (κ2) is 13.0. The SMILES string of the molecule is C=C(/C=C/C(=O)N1C[C@H](N(C)c2nc(OCC34CCCN3CCC4)nc3c2CCN(c2cccc4cccc(Cl)c24)C3)C[C@@H]1C)OC. The van der Waals surface area contributed by atoms with E-state index in [-0.39, 0.29) is 23.5 Å². The number of anilines is 2. The average Bonchev–Trinajstić information content (AvgIpc) is 3.79. The molecule has 3 aromatic rings. The van der Waals surface area contributed by atoms with Gasteiger partial charge in [0.2, 0.25) is 5.91 Å². The van der Waals surface area contributed by atoms with E-state index in [1.165, 1.54) is 12.8 Å². The molecule has 1 aromatic heterocycles. The number of likely N-dealkylation sites (tertiary alicyclic amines) is 1. The molecule has 4 aliphatic heterocycles. The first-order valence-corrected chi connectivity index (χ1v) is 17.3. The molecule has 47 heavy (non-hydrogen) atoms. The van der Waals surface area contributed by atoms with E-state index in [4.69, 9.17) is 31.0 Å². The Morgan fingerprint density at radius 2 is 1.89 bits per heavy atom. The highest BCUT2D eigenvalue weighted by molar-refractivity contribution is 6.36. The van der Waals surface area contributed by atoms with Crippen LogP contribution in [0.2, 0.25) is 5.02 Å². The first-order valence-electron chi connectivity index (χ1n) is 16.9. The Hall–Kier alpha value is -3.82. The lowest BCUT2D eigenvalue weighted by Gasteiger charge is -2.35. The summed E-state index contributed by atoms with van der Waals surface area (Å²) in [6.45, 7) is 10.9. The third-order valence-electron chi connectivity index (χ3n) is 10.9. The van der Waals surface area contributed by atoms with E-state index in [9.17, 15) is 4.79 Å². The lowest BCUT2D eigenvalue weighted by atomic mass is 9.95. The first kappa shape index (κ1) is 31.8. The molecule has 4 aliphatic rings. The topological polar surface area (TPSA) is 74.3 Å². The van der Waals surface area contributed by atoms with E-state index >= 15 is 0 Å². The van der Waals surface area contributed by atoms with Gasteiger partial charge in [-0.1, -0.05) is 42.4 Å². The zero-order valence-corrected chi connectivity index (χ0v) is 28.5. The van der Waals surface area contributed by atoms with Crippen molar-refractivity contribution in [2.75, 3.05) is 56.7 Å². The summed E-state index contributed by atoms with van der Waals surface area (Å²) in [5.41, 5.74) is 3.35. The summed E-state index contributed by atoms with van der Waals surface area (Å²) < 4.78 is 11.7. The van der Waals surface area contributed by atoms with Gasteiger partial charge in [0.15, 0.2) is 0 Å². The summed E-state index contributed by atoms with van der Waals surface area (Å²) in [7, 11) is 3.65. The summed E-state index contributed by atoms with van der Waals surface area (Å²) in [5.74, 6) is 1.32. The quantitative estimate of drug-likeness (QED) is 0.158. The third kappa shape index (κ3) is 6.04. The predicted octanol–water partition coefficient (Wildman–Crippen LogP) is 6.00. The molecule has 248 valence electrons. The molecule has 0 N–H and O–H groups in total. The van der Waals surface area contributed by atoms with Crippen molar-refractivity contribution in [1.82, 2.24) is 19.8 Å². The van der Waals surface area contributed by atoms with Gasteiger partial charge in [-0.3, -0.25) is 9.69 Å². The van der Waals surface area contributed by atoms with Gasteiger partial charge in [0.05, 0.1) is 29.9 Å². The number of halogens is 1. The van der Waals surface area contributed by atoms with Crippen LogP contribution in [0, 0.1) is 0 Å². The molecule has 5 heterocycles. The molecule has 0 bridgehead atoms. The summed E-state index contributed by atoms with van der Waals surface area (Å²) in [6, 6.07) is 13.1. The molecule has 0 unspecified atom stereocenters. The third-order valence-corrected chi connectivity index (χ3v) is 11.2. The Morgan fingerprint density at radius 3 is 2.66 bits per heavy atom. The molecular formula is C37H45ClN6O3. The maximum atomic E-state index is 13.1. The normalized spacial score (nSPS) is 22.1. The summed E-state index contributed by atoms with van der Waals surface area (Å²) in [5, 5.41) is 2.95. The van der Waals surface area contributed by atoms with E-state index in [1.54, 1.807) is 19.3 Å². The molecule has 7 rings (SSSR count). The van der Waals surface area contributed by atoms with Crippen LogP contribution in [0.15, 0.2) is 60.9 Å². The van der Waals surface area contributed by atoms with Crippen LogP contribution in [0.3, 0.4) is 0 Å². The molecule has 0 spiro atoms. The fourth-order valence-electron chi connectivity index (χ4n) is 8.24. The lowest BCUT2D eigenvalue weighted by molar-refractivity contribution is -0.126. The molecule has 0 radical (unpaired) electrons. The number of rotatable bonds is 9. The van der Waals surface area contributed by atoms with E-state index in [0.717, 1.165) is 83.9 Å². The first-order chi connectivity index (χ1) is 22.8. The van der Waals surface area contributed by atoms with Crippen molar-refractivity contribution >= 4 is 39.8 Å². The minimum atomic E-state index is -0.0401. The molecule has 1 amide bonds. The molecule has 2 atom stereocenters. The number of amides is 1. The average molecular weight is 657 g/mol. The maximum Gasteiger partial charge on any atom is 0.318 e. The Kier molecular flexibility index (Phi) is 8.78. The van der Waals surface area contributed by atoms with E-state index < -0.39 is 0 Å². The van der Waals surface area contributed by atoms with Crippen LogP contribution in [0.1, 0.15) is 50.3 Å². The number of likely N-dealkylation sites (N-methyl/N-ethyl adjacent to an activating group) is 1. The molecule has 3 saturated heterocycles. The molecule has 2 aromatic carbocycles. The van der Waals surface area contributed by atoms with Gasteiger partial charge >= 0.3 is 6.01 Å². The predicted molar refractivity (Wildman–Crippen MR) is 187 cm³/mol.